The number of hydrogen-bond donors (Lipinski definition) is 0. The van der Waals surface area contributed by atoms with Crippen LogP contribution in [0.3, 0.4) is 0 Å². The van der Waals surface area contributed by atoms with Crippen molar-refractivity contribution in [1.82, 2.24) is 0 Å². The first-order chi connectivity index (χ1) is 9.04. The van der Waals surface area contributed by atoms with Gasteiger partial charge in [0, 0.05) is 5.92 Å². The molecule has 1 aliphatic carbocycles. The summed E-state index contributed by atoms with van der Waals surface area (Å²) in [5, 5.41) is 0. The highest BCUT2D eigenvalue weighted by molar-refractivity contribution is 5.95. The summed E-state index contributed by atoms with van der Waals surface area (Å²) in [5.74, 6) is -3.48. The molecule has 0 radical (unpaired) electrons. The molecular weight excluding hydrogens is 252 g/mol. The molecule has 106 valence electrons. The molecule has 0 aromatic heterocycles. The van der Waals surface area contributed by atoms with Gasteiger partial charge in [-0.25, -0.2) is 0 Å². The first-order valence-corrected chi connectivity index (χ1v) is 5.95. The van der Waals surface area contributed by atoms with E-state index in [0.29, 0.717) is 12.8 Å². The summed E-state index contributed by atoms with van der Waals surface area (Å²) in [6.07, 6.45) is 4.42. The first-order valence-electron chi connectivity index (χ1n) is 5.95. The van der Waals surface area contributed by atoms with Crippen LogP contribution in [-0.4, -0.2) is 39.2 Å². The standard InChI is InChI=1S/C13H18O6/c1-17-11(14)9-6-4-5-8(7-9)10(12(15)18-2)13(16)19-3/h4-5,8-10H,6-7H2,1-3H3/t8-,9+/m0/s1. The molecule has 1 aliphatic rings. The summed E-state index contributed by atoms with van der Waals surface area (Å²) in [6.45, 7) is 0. The molecule has 6 heteroatoms. The molecule has 0 saturated heterocycles. The Hall–Kier alpha value is -1.85. The number of rotatable bonds is 4. The predicted molar refractivity (Wildman–Crippen MR) is 64.9 cm³/mol. The van der Waals surface area contributed by atoms with Gasteiger partial charge in [-0.15, -0.1) is 0 Å². The molecule has 1 rings (SSSR count). The average molecular weight is 270 g/mol. The van der Waals surface area contributed by atoms with Crippen molar-refractivity contribution in [3.63, 3.8) is 0 Å². The van der Waals surface area contributed by atoms with Gasteiger partial charge in [-0.1, -0.05) is 12.2 Å². The van der Waals surface area contributed by atoms with Crippen LogP contribution in [0.5, 0.6) is 0 Å². The van der Waals surface area contributed by atoms with Crippen LogP contribution in [0, 0.1) is 17.8 Å². The molecule has 0 aromatic rings. The molecule has 0 amide bonds. The lowest BCUT2D eigenvalue weighted by atomic mass is 9.79. The van der Waals surface area contributed by atoms with Crippen LogP contribution in [-0.2, 0) is 28.6 Å². The second kappa shape index (κ2) is 6.92. The highest BCUT2D eigenvalue weighted by Gasteiger charge is 2.39. The van der Waals surface area contributed by atoms with E-state index in [9.17, 15) is 14.4 Å². The van der Waals surface area contributed by atoms with Gasteiger partial charge in [0.05, 0.1) is 27.2 Å². The molecule has 0 fully saturated rings. The van der Waals surface area contributed by atoms with Crippen molar-refractivity contribution in [2.45, 2.75) is 12.8 Å². The van der Waals surface area contributed by atoms with Crippen LogP contribution in [0.4, 0.5) is 0 Å². The molecule has 6 nitrogen and oxygen atoms in total. The number of allylic oxidation sites excluding steroid dienone is 2. The normalized spacial score (nSPS) is 21.9. The zero-order chi connectivity index (χ0) is 14.4. The average Bonchev–Trinajstić information content (AvgIpc) is 2.46. The maximum Gasteiger partial charge on any atom is 0.320 e. The third kappa shape index (κ3) is 3.56. The van der Waals surface area contributed by atoms with Gasteiger partial charge in [-0.05, 0) is 12.8 Å². The fourth-order valence-corrected chi connectivity index (χ4v) is 2.23. The van der Waals surface area contributed by atoms with Crippen molar-refractivity contribution in [1.29, 1.82) is 0 Å². The highest BCUT2D eigenvalue weighted by atomic mass is 16.5. The van der Waals surface area contributed by atoms with Crippen LogP contribution >= 0.6 is 0 Å². The lowest BCUT2D eigenvalue weighted by molar-refractivity contribution is -0.162. The molecule has 0 aliphatic heterocycles. The van der Waals surface area contributed by atoms with Crippen molar-refractivity contribution in [3.05, 3.63) is 12.2 Å². The summed E-state index contributed by atoms with van der Waals surface area (Å²) in [6, 6.07) is 0. The number of carbonyl (C=O) groups is 3. The molecule has 0 bridgehead atoms. The second-order valence-electron chi connectivity index (χ2n) is 4.31. The Balaban J connectivity index is 2.88. The Morgan fingerprint density at radius 2 is 1.63 bits per heavy atom. The number of ether oxygens (including phenoxy) is 3. The zero-order valence-electron chi connectivity index (χ0n) is 11.3. The van der Waals surface area contributed by atoms with Gasteiger partial charge >= 0.3 is 17.9 Å². The summed E-state index contributed by atoms with van der Waals surface area (Å²) in [5.41, 5.74) is 0. The maximum atomic E-state index is 11.7. The fourth-order valence-electron chi connectivity index (χ4n) is 2.23. The molecule has 0 saturated carbocycles. The Morgan fingerprint density at radius 3 is 2.11 bits per heavy atom. The lowest BCUT2D eigenvalue weighted by Gasteiger charge is -2.26. The highest BCUT2D eigenvalue weighted by Crippen LogP contribution is 2.31. The van der Waals surface area contributed by atoms with Gasteiger partial charge in [0.15, 0.2) is 5.92 Å². The van der Waals surface area contributed by atoms with Crippen LogP contribution in [0.25, 0.3) is 0 Å². The van der Waals surface area contributed by atoms with Crippen LogP contribution < -0.4 is 0 Å². The molecule has 0 unspecified atom stereocenters. The number of carbonyl (C=O) groups excluding carboxylic acids is 3. The van der Waals surface area contributed by atoms with Crippen molar-refractivity contribution in [3.8, 4) is 0 Å². The Bertz CT molecular complexity index is 371. The van der Waals surface area contributed by atoms with Crippen molar-refractivity contribution < 1.29 is 28.6 Å². The Kier molecular flexibility index (Phi) is 5.54. The van der Waals surface area contributed by atoms with Crippen LogP contribution in [0.15, 0.2) is 12.2 Å². The van der Waals surface area contributed by atoms with E-state index in [1.54, 1.807) is 12.2 Å². The van der Waals surface area contributed by atoms with Gasteiger partial charge in [0.25, 0.3) is 0 Å². The third-order valence-electron chi connectivity index (χ3n) is 3.23. The van der Waals surface area contributed by atoms with Gasteiger partial charge in [-0.3, -0.25) is 14.4 Å². The van der Waals surface area contributed by atoms with E-state index in [1.165, 1.54) is 21.3 Å². The summed E-state index contributed by atoms with van der Waals surface area (Å²) in [4.78, 5) is 34.9. The van der Waals surface area contributed by atoms with E-state index < -0.39 is 23.8 Å². The topological polar surface area (TPSA) is 78.9 Å². The number of hydrogen-bond acceptors (Lipinski definition) is 6. The molecule has 0 spiro atoms. The van der Waals surface area contributed by atoms with Crippen LogP contribution in [0.1, 0.15) is 12.8 Å². The van der Waals surface area contributed by atoms with Crippen LogP contribution in [0.2, 0.25) is 0 Å². The van der Waals surface area contributed by atoms with Gasteiger partial charge in [0.1, 0.15) is 0 Å². The third-order valence-corrected chi connectivity index (χ3v) is 3.23. The monoisotopic (exact) mass is 270 g/mol. The molecule has 0 heterocycles. The minimum absolute atomic E-state index is 0.345. The number of esters is 3. The van der Waals surface area contributed by atoms with Gasteiger partial charge in [-0.2, -0.15) is 0 Å². The minimum Gasteiger partial charge on any atom is -0.469 e. The summed E-state index contributed by atoms with van der Waals surface area (Å²) < 4.78 is 13.9. The van der Waals surface area contributed by atoms with E-state index in [-0.39, 0.29) is 11.9 Å². The Labute approximate surface area is 111 Å². The molecular formula is C13H18O6. The summed E-state index contributed by atoms with van der Waals surface area (Å²) in [7, 11) is 3.74. The van der Waals surface area contributed by atoms with E-state index in [2.05, 4.69) is 14.2 Å². The molecule has 2 atom stereocenters. The molecule has 19 heavy (non-hydrogen) atoms. The van der Waals surface area contributed by atoms with Crippen molar-refractivity contribution in [2.75, 3.05) is 21.3 Å². The minimum atomic E-state index is -1.04. The van der Waals surface area contributed by atoms with Crippen molar-refractivity contribution >= 4 is 17.9 Å². The molecule has 0 N–H and O–H groups in total. The Morgan fingerprint density at radius 1 is 1.05 bits per heavy atom. The maximum absolute atomic E-state index is 11.7. The smallest absolute Gasteiger partial charge is 0.320 e. The molecule has 0 aromatic carbocycles. The van der Waals surface area contributed by atoms with E-state index in [4.69, 9.17) is 0 Å². The first kappa shape index (κ1) is 15.2. The number of methoxy groups -OCH3 is 3. The lowest BCUT2D eigenvalue weighted by Crippen LogP contribution is -2.35. The second-order valence-corrected chi connectivity index (χ2v) is 4.31. The SMILES string of the molecule is COC(=O)C(C(=O)OC)[C@H]1C=CC[C@@H](C(=O)OC)C1. The van der Waals surface area contributed by atoms with E-state index in [0.717, 1.165) is 0 Å². The summed E-state index contributed by atoms with van der Waals surface area (Å²) >= 11 is 0. The fraction of sp³-hybridized carbons (Fsp3) is 0.615. The van der Waals surface area contributed by atoms with Crippen molar-refractivity contribution in [2.24, 2.45) is 17.8 Å². The van der Waals surface area contributed by atoms with Gasteiger partial charge in [0.2, 0.25) is 0 Å². The quantitative estimate of drug-likeness (QED) is 0.324. The largest absolute Gasteiger partial charge is 0.469 e. The predicted octanol–water partition coefficient (Wildman–Crippen LogP) is 0.704. The van der Waals surface area contributed by atoms with E-state index in [1.807, 2.05) is 0 Å². The zero-order valence-corrected chi connectivity index (χ0v) is 11.3. The van der Waals surface area contributed by atoms with E-state index >= 15 is 0 Å². The van der Waals surface area contributed by atoms with Gasteiger partial charge < -0.3 is 14.2 Å².